The summed E-state index contributed by atoms with van der Waals surface area (Å²) in [5, 5.41) is 1.07. The molecule has 2 aliphatic rings. The molecule has 106 valence electrons. The standard InChI is InChI=1S/C16H19NO2S/c1-12-10-16(6-2-7-16)11-17(12)20(18)14-4-3-13-5-8-19-15(13)9-14/h3-5,8-9,12H,2,6-7,10-11H2,1H3. The molecular weight excluding hydrogens is 270 g/mol. The van der Waals surface area contributed by atoms with Crippen molar-refractivity contribution >= 4 is 22.0 Å². The number of hydrogen-bond acceptors (Lipinski definition) is 2. The Morgan fingerprint density at radius 2 is 2.20 bits per heavy atom. The third kappa shape index (κ3) is 1.85. The van der Waals surface area contributed by atoms with Gasteiger partial charge in [-0.2, -0.15) is 0 Å². The first kappa shape index (κ1) is 12.6. The first-order valence-electron chi connectivity index (χ1n) is 7.33. The molecule has 0 bridgehead atoms. The highest BCUT2D eigenvalue weighted by atomic mass is 32.2. The molecule has 1 saturated heterocycles. The fourth-order valence-corrected chi connectivity index (χ4v) is 5.18. The van der Waals surface area contributed by atoms with E-state index in [0.717, 1.165) is 22.4 Å². The number of furan rings is 1. The van der Waals surface area contributed by atoms with Gasteiger partial charge in [0.25, 0.3) is 0 Å². The van der Waals surface area contributed by atoms with Crippen molar-refractivity contribution in [1.29, 1.82) is 0 Å². The molecule has 1 aromatic carbocycles. The molecule has 2 unspecified atom stereocenters. The third-order valence-electron chi connectivity index (χ3n) is 4.97. The van der Waals surface area contributed by atoms with Crippen molar-refractivity contribution in [3.8, 4) is 0 Å². The summed E-state index contributed by atoms with van der Waals surface area (Å²) in [4.78, 5) is 0.857. The van der Waals surface area contributed by atoms with Crippen LogP contribution >= 0.6 is 0 Å². The normalized spacial score (nSPS) is 26.9. The topological polar surface area (TPSA) is 33.5 Å². The number of benzene rings is 1. The van der Waals surface area contributed by atoms with Gasteiger partial charge in [-0.3, -0.25) is 0 Å². The molecule has 0 amide bonds. The predicted molar refractivity (Wildman–Crippen MR) is 79.7 cm³/mol. The Morgan fingerprint density at radius 3 is 2.90 bits per heavy atom. The average molecular weight is 289 g/mol. The molecule has 1 aliphatic carbocycles. The lowest BCUT2D eigenvalue weighted by atomic mass is 9.68. The highest BCUT2D eigenvalue weighted by molar-refractivity contribution is 7.82. The molecule has 1 aromatic heterocycles. The minimum atomic E-state index is -1.07. The van der Waals surface area contributed by atoms with Crippen LogP contribution in [0.1, 0.15) is 32.6 Å². The molecule has 4 rings (SSSR count). The fourth-order valence-electron chi connectivity index (χ4n) is 3.72. The summed E-state index contributed by atoms with van der Waals surface area (Å²) in [5.41, 5.74) is 1.28. The van der Waals surface area contributed by atoms with Gasteiger partial charge in [-0.15, -0.1) is 0 Å². The van der Waals surface area contributed by atoms with E-state index in [2.05, 4.69) is 11.2 Å². The molecule has 1 spiro atoms. The molecule has 2 heterocycles. The van der Waals surface area contributed by atoms with E-state index in [-0.39, 0.29) is 0 Å². The molecule has 2 atom stereocenters. The van der Waals surface area contributed by atoms with Gasteiger partial charge in [0.1, 0.15) is 16.6 Å². The summed E-state index contributed by atoms with van der Waals surface area (Å²) in [6.45, 7) is 3.19. The Morgan fingerprint density at radius 1 is 1.35 bits per heavy atom. The largest absolute Gasteiger partial charge is 0.464 e. The van der Waals surface area contributed by atoms with E-state index in [0.29, 0.717) is 11.5 Å². The van der Waals surface area contributed by atoms with Gasteiger partial charge in [0.05, 0.1) is 11.2 Å². The highest BCUT2D eigenvalue weighted by Crippen LogP contribution is 2.50. The van der Waals surface area contributed by atoms with E-state index in [1.165, 1.54) is 25.7 Å². The van der Waals surface area contributed by atoms with E-state index in [1.807, 2.05) is 24.3 Å². The zero-order valence-electron chi connectivity index (χ0n) is 11.7. The Labute approximate surface area is 121 Å². The van der Waals surface area contributed by atoms with Crippen LogP contribution in [0.15, 0.2) is 39.8 Å². The first-order chi connectivity index (χ1) is 9.67. The zero-order valence-corrected chi connectivity index (χ0v) is 12.5. The van der Waals surface area contributed by atoms with Gasteiger partial charge in [-0.05, 0) is 55.9 Å². The van der Waals surface area contributed by atoms with Crippen molar-refractivity contribution in [3.05, 3.63) is 30.5 Å². The van der Waals surface area contributed by atoms with Crippen LogP contribution in [0, 0.1) is 5.41 Å². The minimum absolute atomic E-state index is 0.406. The monoisotopic (exact) mass is 289 g/mol. The van der Waals surface area contributed by atoms with E-state index in [9.17, 15) is 4.21 Å². The van der Waals surface area contributed by atoms with Gasteiger partial charge in [-0.1, -0.05) is 6.42 Å². The van der Waals surface area contributed by atoms with Crippen molar-refractivity contribution in [2.45, 2.75) is 43.5 Å². The molecule has 4 heteroatoms. The van der Waals surface area contributed by atoms with Crippen molar-refractivity contribution in [3.63, 3.8) is 0 Å². The maximum atomic E-state index is 12.8. The van der Waals surface area contributed by atoms with Crippen LogP contribution in [0.2, 0.25) is 0 Å². The molecule has 3 nitrogen and oxygen atoms in total. The van der Waals surface area contributed by atoms with E-state index in [4.69, 9.17) is 4.42 Å². The third-order valence-corrected chi connectivity index (χ3v) is 6.54. The molecular formula is C16H19NO2S. The van der Waals surface area contributed by atoms with Crippen molar-refractivity contribution in [2.75, 3.05) is 6.54 Å². The summed E-state index contributed by atoms with van der Waals surface area (Å²) in [6, 6.07) is 8.22. The van der Waals surface area contributed by atoms with Crippen LogP contribution in [0.3, 0.4) is 0 Å². The molecule has 1 saturated carbocycles. The van der Waals surface area contributed by atoms with E-state index in [1.54, 1.807) is 6.26 Å². The van der Waals surface area contributed by atoms with Crippen LogP contribution in [0.4, 0.5) is 0 Å². The van der Waals surface area contributed by atoms with E-state index >= 15 is 0 Å². The highest BCUT2D eigenvalue weighted by Gasteiger charge is 2.47. The maximum Gasteiger partial charge on any atom is 0.135 e. The lowest BCUT2D eigenvalue weighted by Crippen LogP contribution is -2.34. The number of fused-ring (bicyclic) bond motifs is 1. The minimum Gasteiger partial charge on any atom is -0.464 e. The van der Waals surface area contributed by atoms with Crippen LogP contribution in [-0.4, -0.2) is 21.1 Å². The number of nitrogens with zero attached hydrogens (tertiary/aromatic N) is 1. The second-order valence-electron chi connectivity index (χ2n) is 6.35. The Balaban J connectivity index is 1.63. The fraction of sp³-hybridized carbons (Fsp3) is 0.500. The first-order valence-corrected chi connectivity index (χ1v) is 8.43. The van der Waals surface area contributed by atoms with Gasteiger partial charge in [0.15, 0.2) is 0 Å². The quantitative estimate of drug-likeness (QED) is 0.844. The number of rotatable bonds is 2. The van der Waals surface area contributed by atoms with Crippen molar-refractivity contribution in [2.24, 2.45) is 5.41 Å². The number of hydrogen-bond donors (Lipinski definition) is 0. The maximum absolute atomic E-state index is 12.8. The van der Waals surface area contributed by atoms with Gasteiger partial charge in [0.2, 0.25) is 0 Å². The van der Waals surface area contributed by atoms with Crippen molar-refractivity contribution < 1.29 is 8.63 Å². The molecule has 1 aliphatic heterocycles. The van der Waals surface area contributed by atoms with Gasteiger partial charge in [0, 0.05) is 18.0 Å². The van der Waals surface area contributed by atoms with Gasteiger partial charge >= 0.3 is 0 Å². The van der Waals surface area contributed by atoms with E-state index < -0.39 is 11.0 Å². The second-order valence-corrected chi connectivity index (χ2v) is 7.79. The van der Waals surface area contributed by atoms with Crippen LogP contribution in [0.5, 0.6) is 0 Å². The second kappa shape index (κ2) is 4.43. The van der Waals surface area contributed by atoms with Crippen LogP contribution in [0.25, 0.3) is 11.0 Å². The van der Waals surface area contributed by atoms with Gasteiger partial charge in [-0.25, -0.2) is 8.51 Å². The Bertz CT molecular complexity index is 674. The summed E-state index contributed by atoms with van der Waals surface area (Å²) in [5.74, 6) is 0. The Hall–Kier alpha value is -1.13. The zero-order chi connectivity index (χ0) is 13.7. The Kier molecular flexibility index (Phi) is 2.79. The summed E-state index contributed by atoms with van der Waals surface area (Å²) in [6.07, 6.45) is 6.83. The summed E-state index contributed by atoms with van der Waals surface area (Å²) >= 11 is 0. The SMILES string of the molecule is CC1CC2(CCC2)CN1S(=O)c1ccc2ccoc2c1. The smallest absolute Gasteiger partial charge is 0.135 e. The molecule has 0 N–H and O–H groups in total. The lowest BCUT2D eigenvalue weighted by molar-refractivity contribution is 0.153. The lowest BCUT2D eigenvalue weighted by Gasteiger charge is -2.38. The van der Waals surface area contributed by atoms with Gasteiger partial charge < -0.3 is 4.42 Å². The van der Waals surface area contributed by atoms with Crippen molar-refractivity contribution in [1.82, 2.24) is 4.31 Å². The predicted octanol–water partition coefficient (Wildman–Crippen LogP) is 3.72. The molecule has 0 radical (unpaired) electrons. The molecule has 20 heavy (non-hydrogen) atoms. The van der Waals surface area contributed by atoms with Crippen LogP contribution < -0.4 is 0 Å². The van der Waals surface area contributed by atoms with Crippen LogP contribution in [-0.2, 0) is 11.0 Å². The summed E-state index contributed by atoms with van der Waals surface area (Å²) in [7, 11) is -1.07. The molecule has 2 fully saturated rings. The average Bonchev–Trinajstić information content (AvgIpc) is 3.00. The summed E-state index contributed by atoms with van der Waals surface area (Å²) < 4.78 is 20.4. The molecule has 2 aromatic rings.